The summed E-state index contributed by atoms with van der Waals surface area (Å²) in [4.78, 5) is 15.9. The molecule has 1 fully saturated rings. The maximum Gasteiger partial charge on any atom is 0.321 e. The average Bonchev–Trinajstić information content (AvgIpc) is 3.17. The molecule has 2 aromatic rings. The Labute approximate surface area is 125 Å². The minimum atomic E-state index is -0.813. The van der Waals surface area contributed by atoms with E-state index in [1.54, 1.807) is 12.1 Å². The monoisotopic (exact) mass is 310 g/mol. The lowest BCUT2D eigenvalue weighted by atomic mass is 10.1. The molecule has 0 aliphatic heterocycles. The first-order chi connectivity index (χ1) is 10.1. The van der Waals surface area contributed by atoms with Gasteiger partial charge in [-0.15, -0.1) is 0 Å². The lowest BCUT2D eigenvalue weighted by Gasteiger charge is -2.05. The molecule has 0 atom stereocenters. The maximum absolute atomic E-state index is 13.8. The van der Waals surface area contributed by atoms with E-state index in [4.69, 9.17) is 20.9 Å². The third kappa shape index (κ3) is 2.40. The summed E-state index contributed by atoms with van der Waals surface area (Å²) in [7, 11) is 1.32. The number of hydrogen-bond donors (Lipinski definition) is 0. The highest BCUT2D eigenvalue weighted by atomic mass is 35.5. The molecule has 0 bridgehead atoms. The van der Waals surface area contributed by atoms with Crippen molar-refractivity contribution in [1.82, 2.24) is 10.1 Å². The van der Waals surface area contributed by atoms with Crippen LogP contribution in [-0.2, 0) is 21.4 Å². The van der Waals surface area contributed by atoms with Crippen molar-refractivity contribution < 1.29 is 18.4 Å². The van der Waals surface area contributed by atoms with Crippen LogP contribution >= 0.6 is 11.6 Å². The molecule has 1 aromatic heterocycles. The van der Waals surface area contributed by atoms with Gasteiger partial charge in [0.2, 0.25) is 5.89 Å². The molecule has 21 heavy (non-hydrogen) atoms. The number of aromatic nitrogens is 2. The van der Waals surface area contributed by atoms with Crippen LogP contribution < -0.4 is 0 Å². The van der Waals surface area contributed by atoms with Crippen LogP contribution in [0.2, 0.25) is 5.02 Å². The third-order valence-corrected chi connectivity index (χ3v) is 3.88. The van der Waals surface area contributed by atoms with Crippen molar-refractivity contribution in [3.05, 3.63) is 46.3 Å². The highest BCUT2D eigenvalue weighted by Gasteiger charge is 2.57. The zero-order chi connectivity index (χ0) is 15.0. The smallest absolute Gasteiger partial charge is 0.321 e. The van der Waals surface area contributed by atoms with Gasteiger partial charge >= 0.3 is 5.97 Å². The van der Waals surface area contributed by atoms with Gasteiger partial charge < -0.3 is 9.26 Å². The van der Waals surface area contributed by atoms with Crippen LogP contribution in [0.4, 0.5) is 4.39 Å². The Bertz CT molecular complexity index is 697. The van der Waals surface area contributed by atoms with Crippen LogP contribution in [0.3, 0.4) is 0 Å². The standard InChI is InChI=1S/C14H12ClFN2O3/c1-20-13(19)14(5-6-14)12-17-10(18-21-12)7-8-3-2-4-9(15)11(8)16/h2-4H,5-7H2,1H3. The number of methoxy groups -OCH3 is 1. The highest BCUT2D eigenvalue weighted by Crippen LogP contribution is 2.48. The molecule has 1 saturated carbocycles. The molecule has 3 rings (SSSR count). The number of benzene rings is 1. The summed E-state index contributed by atoms with van der Waals surface area (Å²) in [6, 6.07) is 4.72. The zero-order valence-corrected chi connectivity index (χ0v) is 12.0. The first-order valence-electron chi connectivity index (χ1n) is 6.41. The molecule has 5 nitrogen and oxygen atoms in total. The van der Waals surface area contributed by atoms with Gasteiger partial charge in [-0.1, -0.05) is 28.9 Å². The first kappa shape index (κ1) is 14.0. The lowest BCUT2D eigenvalue weighted by Crippen LogP contribution is -2.22. The van der Waals surface area contributed by atoms with Crippen LogP contribution in [-0.4, -0.2) is 23.2 Å². The van der Waals surface area contributed by atoms with E-state index in [0.29, 0.717) is 24.2 Å². The van der Waals surface area contributed by atoms with Crippen molar-refractivity contribution in [2.24, 2.45) is 0 Å². The van der Waals surface area contributed by atoms with E-state index in [0.717, 1.165) is 0 Å². The van der Waals surface area contributed by atoms with E-state index in [1.807, 2.05) is 0 Å². The molecule has 0 unspecified atom stereocenters. The van der Waals surface area contributed by atoms with Crippen molar-refractivity contribution in [2.75, 3.05) is 7.11 Å². The minimum Gasteiger partial charge on any atom is -0.468 e. The predicted molar refractivity (Wildman–Crippen MR) is 71.4 cm³/mol. The Morgan fingerprint density at radius 2 is 2.29 bits per heavy atom. The number of nitrogens with zero attached hydrogens (tertiary/aromatic N) is 2. The molecule has 1 aliphatic rings. The fourth-order valence-corrected chi connectivity index (χ4v) is 2.40. The molecule has 0 radical (unpaired) electrons. The van der Waals surface area contributed by atoms with Gasteiger partial charge in [0, 0.05) is 6.42 Å². The van der Waals surface area contributed by atoms with E-state index < -0.39 is 11.2 Å². The summed E-state index contributed by atoms with van der Waals surface area (Å²) < 4.78 is 23.7. The van der Waals surface area contributed by atoms with Crippen LogP contribution in [0, 0.1) is 5.82 Å². The predicted octanol–water partition coefficient (Wildman–Crippen LogP) is 2.66. The summed E-state index contributed by atoms with van der Waals surface area (Å²) in [6.07, 6.45) is 1.38. The van der Waals surface area contributed by atoms with E-state index in [2.05, 4.69) is 10.1 Å². The molecular formula is C14H12ClFN2O3. The molecule has 1 aromatic carbocycles. The SMILES string of the molecule is COC(=O)C1(c2nc(Cc3cccc(Cl)c3F)no2)CC1. The van der Waals surface area contributed by atoms with E-state index >= 15 is 0 Å². The fourth-order valence-electron chi connectivity index (χ4n) is 2.20. The van der Waals surface area contributed by atoms with Gasteiger partial charge in [0.25, 0.3) is 0 Å². The molecule has 0 N–H and O–H groups in total. The fraction of sp³-hybridized carbons (Fsp3) is 0.357. The molecule has 0 amide bonds. The van der Waals surface area contributed by atoms with Gasteiger partial charge in [-0.2, -0.15) is 4.98 Å². The second kappa shape index (κ2) is 5.11. The number of esters is 1. The van der Waals surface area contributed by atoms with Gasteiger partial charge in [-0.25, -0.2) is 4.39 Å². The lowest BCUT2D eigenvalue weighted by molar-refractivity contribution is -0.144. The quantitative estimate of drug-likeness (QED) is 0.812. The van der Waals surface area contributed by atoms with E-state index in [1.165, 1.54) is 13.2 Å². The number of halogens is 2. The topological polar surface area (TPSA) is 65.2 Å². The third-order valence-electron chi connectivity index (χ3n) is 3.58. The molecule has 0 saturated heterocycles. The Morgan fingerprint density at radius 3 is 2.95 bits per heavy atom. The Hall–Kier alpha value is -1.95. The van der Waals surface area contributed by atoms with Gasteiger partial charge in [-0.3, -0.25) is 4.79 Å². The molecule has 110 valence electrons. The first-order valence-corrected chi connectivity index (χ1v) is 6.79. The van der Waals surface area contributed by atoms with Crippen molar-refractivity contribution >= 4 is 17.6 Å². The van der Waals surface area contributed by atoms with Gasteiger partial charge in [-0.05, 0) is 24.5 Å². The number of ether oxygens (including phenoxy) is 1. The van der Waals surface area contributed by atoms with Crippen LogP contribution in [0.25, 0.3) is 0 Å². The Balaban J connectivity index is 1.83. The normalized spacial score (nSPS) is 15.8. The second-order valence-electron chi connectivity index (χ2n) is 4.98. The number of rotatable bonds is 4. The summed E-state index contributed by atoms with van der Waals surface area (Å²) >= 11 is 5.73. The number of carbonyl (C=O) groups excluding carboxylic acids is 1. The minimum absolute atomic E-state index is 0.0458. The van der Waals surface area contributed by atoms with E-state index in [-0.39, 0.29) is 23.3 Å². The van der Waals surface area contributed by atoms with Gasteiger partial charge in [0.05, 0.1) is 12.1 Å². The zero-order valence-electron chi connectivity index (χ0n) is 11.2. The number of hydrogen-bond acceptors (Lipinski definition) is 5. The largest absolute Gasteiger partial charge is 0.468 e. The van der Waals surface area contributed by atoms with Crippen LogP contribution in [0.5, 0.6) is 0 Å². The summed E-state index contributed by atoms with van der Waals surface area (Å²) in [5.41, 5.74) is -0.440. The molecule has 0 spiro atoms. The van der Waals surface area contributed by atoms with Crippen molar-refractivity contribution in [2.45, 2.75) is 24.7 Å². The highest BCUT2D eigenvalue weighted by molar-refractivity contribution is 6.30. The van der Waals surface area contributed by atoms with Crippen molar-refractivity contribution in [1.29, 1.82) is 0 Å². The summed E-state index contributed by atoms with van der Waals surface area (Å²) in [5.74, 6) is -0.348. The van der Waals surface area contributed by atoms with Crippen LogP contribution in [0.1, 0.15) is 30.1 Å². The summed E-state index contributed by atoms with van der Waals surface area (Å²) in [5, 5.41) is 3.85. The Kier molecular flexibility index (Phi) is 3.41. The average molecular weight is 311 g/mol. The summed E-state index contributed by atoms with van der Waals surface area (Å²) in [6.45, 7) is 0. The number of carbonyl (C=O) groups is 1. The van der Waals surface area contributed by atoms with Crippen LogP contribution in [0.15, 0.2) is 22.7 Å². The molecular weight excluding hydrogens is 299 g/mol. The van der Waals surface area contributed by atoms with Crippen molar-refractivity contribution in [3.8, 4) is 0 Å². The second-order valence-corrected chi connectivity index (χ2v) is 5.39. The van der Waals surface area contributed by atoms with E-state index in [9.17, 15) is 9.18 Å². The molecule has 7 heteroatoms. The Morgan fingerprint density at radius 1 is 1.52 bits per heavy atom. The molecule has 1 aliphatic carbocycles. The van der Waals surface area contributed by atoms with Gasteiger partial charge in [0.15, 0.2) is 5.82 Å². The van der Waals surface area contributed by atoms with Crippen molar-refractivity contribution in [3.63, 3.8) is 0 Å². The molecule has 1 heterocycles. The maximum atomic E-state index is 13.8. The van der Waals surface area contributed by atoms with Gasteiger partial charge in [0.1, 0.15) is 11.2 Å².